The first-order chi connectivity index (χ1) is 7.09. The van der Waals surface area contributed by atoms with Crippen LogP contribution in [0.5, 0.6) is 5.75 Å². The average molecular weight is 275 g/mol. The van der Waals surface area contributed by atoms with Gasteiger partial charge in [0.05, 0.1) is 4.90 Å². The highest BCUT2D eigenvalue weighted by Gasteiger charge is 2.31. The van der Waals surface area contributed by atoms with Gasteiger partial charge in [-0.05, 0) is 30.7 Å². The van der Waals surface area contributed by atoms with Gasteiger partial charge in [-0.15, -0.1) is 13.2 Å². The zero-order valence-electron chi connectivity index (χ0n) is 7.88. The molecular weight excluding hydrogens is 269 g/mol. The van der Waals surface area contributed by atoms with Crippen LogP contribution in [0.15, 0.2) is 23.1 Å². The molecule has 0 aliphatic carbocycles. The van der Waals surface area contributed by atoms with Crippen molar-refractivity contribution in [2.45, 2.75) is 18.2 Å². The lowest BCUT2D eigenvalue weighted by Gasteiger charge is -2.11. The molecule has 0 unspecified atom stereocenters. The van der Waals surface area contributed by atoms with Crippen LogP contribution in [0.1, 0.15) is 5.56 Å². The second-order valence-electron chi connectivity index (χ2n) is 2.91. The van der Waals surface area contributed by atoms with Crippen LogP contribution in [-0.2, 0) is 9.05 Å². The van der Waals surface area contributed by atoms with Gasteiger partial charge in [-0.2, -0.15) is 0 Å². The Hall–Kier alpha value is -0.950. The molecule has 0 aliphatic heterocycles. The maximum Gasteiger partial charge on any atom is 0.573 e. The maximum absolute atomic E-state index is 11.9. The fourth-order valence-electron chi connectivity index (χ4n) is 1.01. The highest BCUT2D eigenvalue weighted by molar-refractivity contribution is 8.13. The summed E-state index contributed by atoms with van der Waals surface area (Å²) in [6.45, 7) is 1.28. The number of hydrogen-bond acceptors (Lipinski definition) is 3. The SMILES string of the molecule is Cc1cc(S(=O)(=O)Cl)ccc1OC(F)(F)F. The van der Waals surface area contributed by atoms with Crippen molar-refractivity contribution in [1.29, 1.82) is 0 Å². The van der Waals surface area contributed by atoms with Crippen LogP contribution in [0.25, 0.3) is 0 Å². The Kier molecular flexibility index (Phi) is 3.39. The molecule has 0 amide bonds. The van der Waals surface area contributed by atoms with Gasteiger partial charge >= 0.3 is 6.36 Å². The van der Waals surface area contributed by atoms with Gasteiger partial charge in [-0.25, -0.2) is 8.42 Å². The van der Waals surface area contributed by atoms with Crippen molar-refractivity contribution in [3.63, 3.8) is 0 Å². The predicted octanol–water partition coefficient (Wildman–Crippen LogP) is 2.82. The Bertz CT molecular complexity index is 496. The molecule has 0 saturated heterocycles. The van der Waals surface area contributed by atoms with E-state index in [1.165, 1.54) is 6.92 Å². The minimum absolute atomic E-state index is 0.0269. The third-order valence-electron chi connectivity index (χ3n) is 1.65. The Morgan fingerprint density at radius 3 is 2.25 bits per heavy atom. The molecule has 0 heterocycles. The van der Waals surface area contributed by atoms with Gasteiger partial charge in [0.25, 0.3) is 9.05 Å². The van der Waals surface area contributed by atoms with Crippen molar-refractivity contribution < 1.29 is 26.3 Å². The van der Waals surface area contributed by atoms with Gasteiger partial charge < -0.3 is 4.74 Å². The number of ether oxygens (including phenoxy) is 1. The number of aryl methyl sites for hydroxylation is 1. The molecule has 0 aliphatic rings. The Labute approximate surface area is 94.2 Å². The molecule has 0 atom stereocenters. The normalized spacial score (nSPS) is 12.6. The van der Waals surface area contributed by atoms with Crippen LogP contribution in [0.3, 0.4) is 0 Å². The summed E-state index contributed by atoms with van der Waals surface area (Å²) in [6, 6.07) is 2.85. The Morgan fingerprint density at radius 1 is 1.31 bits per heavy atom. The Morgan fingerprint density at radius 2 is 1.88 bits per heavy atom. The van der Waals surface area contributed by atoms with Crippen LogP contribution in [0, 0.1) is 6.92 Å². The lowest BCUT2D eigenvalue weighted by atomic mass is 10.2. The minimum Gasteiger partial charge on any atom is -0.406 e. The first-order valence-electron chi connectivity index (χ1n) is 3.90. The highest BCUT2D eigenvalue weighted by Crippen LogP contribution is 2.28. The van der Waals surface area contributed by atoms with Gasteiger partial charge in [0.1, 0.15) is 5.75 Å². The van der Waals surface area contributed by atoms with Crippen LogP contribution >= 0.6 is 10.7 Å². The van der Waals surface area contributed by atoms with Gasteiger partial charge in [-0.3, -0.25) is 0 Å². The smallest absolute Gasteiger partial charge is 0.406 e. The molecular formula is C8H6ClF3O3S. The predicted molar refractivity (Wildman–Crippen MR) is 50.9 cm³/mol. The zero-order chi connectivity index (χ0) is 12.6. The fraction of sp³-hybridized carbons (Fsp3) is 0.250. The summed E-state index contributed by atoms with van der Waals surface area (Å²) in [7, 11) is 1.07. The van der Waals surface area contributed by atoms with Gasteiger partial charge in [0.15, 0.2) is 0 Å². The van der Waals surface area contributed by atoms with Crippen LogP contribution < -0.4 is 4.74 Å². The van der Waals surface area contributed by atoms with E-state index in [1.54, 1.807) is 0 Å². The monoisotopic (exact) mass is 274 g/mol. The molecule has 1 aromatic rings. The van der Waals surface area contributed by atoms with E-state index in [-0.39, 0.29) is 10.5 Å². The van der Waals surface area contributed by atoms with Crippen molar-refractivity contribution >= 4 is 19.7 Å². The van der Waals surface area contributed by atoms with E-state index < -0.39 is 21.2 Å². The third kappa shape index (κ3) is 3.57. The second kappa shape index (κ2) is 4.14. The molecule has 3 nitrogen and oxygen atoms in total. The molecule has 0 fully saturated rings. The maximum atomic E-state index is 11.9. The minimum atomic E-state index is -4.81. The van der Waals surface area contributed by atoms with E-state index in [4.69, 9.17) is 10.7 Å². The summed E-state index contributed by atoms with van der Waals surface area (Å²) in [5, 5.41) is 0. The second-order valence-corrected chi connectivity index (χ2v) is 5.48. The van der Waals surface area contributed by atoms with Crippen LogP contribution in [-0.4, -0.2) is 14.8 Å². The van der Waals surface area contributed by atoms with Crippen molar-refractivity contribution in [3.8, 4) is 5.75 Å². The topological polar surface area (TPSA) is 43.4 Å². The summed E-state index contributed by atoms with van der Waals surface area (Å²) < 4.78 is 61.1. The molecule has 1 rings (SSSR count). The quantitative estimate of drug-likeness (QED) is 0.779. The molecule has 0 spiro atoms. The molecule has 8 heteroatoms. The number of halogens is 4. The first-order valence-corrected chi connectivity index (χ1v) is 6.21. The number of benzene rings is 1. The molecule has 0 radical (unpaired) electrons. The molecule has 1 aromatic carbocycles. The molecule has 16 heavy (non-hydrogen) atoms. The van der Waals surface area contributed by atoms with Crippen molar-refractivity contribution in [3.05, 3.63) is 23.8 Å². The summed E-state index contributed by atoms with van der Waals surface area (Å²) >= 11 is 0. The van der Waals surface area contributed by atoms with Gasteiger partial charge in [0.2, 0.25) is 0 Å². The lowest BCUT2D eigenvalue weighted by Crippen LogP contribution is -2.17. The standard InChI is InChI=1S/C8H6ClF3O3S/c1-5-4-6(16(9,13)14)2-3-7(5)15-8(10,11)12/h2-4H,1H3. The molecule has 0 N–H and O–H groups in total. The van der Waals surface area contributed by atoms with E-state index in [1.807, 2.05) is 0 Å². The molecule has 0 aromatic heterocycles. The zero-order valence-corrected chi connectivity index (χ0v) is 9.45. The Balaban J connectivity index is 3.11. The molecule has 0 bridgehead atoms. The van der Waals surface area contributed by atoms with E-state index in [9.17, 15) is 21.6 Å². The summed E-state index contributed by atoms with van der Waals surface area (Å²) in [4.78, 5) is -0.277. The summed E-state index contributed by atoms with van der Waals surface area (Å²) in [6.07, 6.45) is -4.81. The van der Waals surface area contributed by atoms with Crippen molar-refractivity contribution in [2.75, 3.05) is 0 Å². The van der Waals surface area contributed by atoms with Crippen LogP contribution in [0.4, 0.5) is 13.2 Å². The average Bonchev–Trinajstić information content (AvgIpc) is 2.04. The molecule has 90 valence electrons. The molecule has 0 saturated carbocycles. The van der Waals surface area contributed by atoms with E-state index in [0.717, 1.165) is 18.2 Å². The fourth-order valence-corrected chi connectivity index (χ4v) is 1.85. The van der Waals surface area contributed by atoms with Gasteiger partial charge in [0, 0.05) is 10.7 Å². The lowest BCUT2D eigenvalue weighted by molar-refractivity contribution is -0.274. The summed E-state index contributed by atoms with van der Waals surface area (Å²) in [5.74, 6) is -0.462. The highest BCUT2D eigenvalue weighted by atomic mass is 35.7. The summed E-state index contributed by atoms with van der Waals surface area (Å²) in [5.41, 5.74) is 0.0269. The number of rotatable bonds is 2. The first kappa shape index (κ1) is 13.1. The third-order valence-corrected chi connectivity index (χ3v) is 3.01. The van der Waals surface area contributed by atoms with E-state index in [2.05, 4.69) is 4.74 Å². The van der Waals surface area contributed by atoms with Crippen molar-refractivity contribution in [2.24, 2.45) is 0 Å². The van der Waals surface area contributed by atoms with Crippen molar-refractivity contribution in [1.82, 2.24) is 0 Å². The van der Waals surface area contributed by atoms with E-state index in [0.29, 0.717) is 0 Å². The van der Waals surface area contributed by atoms with Gasteiger partial charge in [-0.1, -0.05) is 0 Å². The number of alkyl halides is 3. The van der Waals surface area contributed by atoms with E-state index >= 15 is 0 Å². The van der Waals surface area contributed by atoms with Crippen LogP contribution in [0.2, 0.25) is 0 Å². The largest absolute Gasteiger partial charge is 0.573 e. The number of hydrogen-bond donors (Lipinski definition) is 0.